The monoisotopic (exact) mass is 538 g/mol. The molecule has 2 fully saturated rings. The van der Waals surface area contributed by atoms with Crippen molar-refractivity contribution in [2.24, 2.45) is 10.6 Å². The third-order valence-corrected chi connectivity index (χ3v) is 8.43. The summed E-state index contributed by atoms with van der Waals surface area (Å²) in [7, 11) is 0. The minimum atomic E-state index is -1.31. The number of β-lactam (4-membered cyclic amide) rings is 1. The fraction of sp³-hybridized carbons (Fsp3) is 0.294. The predicted octanol–water partition coefficient (Wildman–Crippen LogP) is 0.549. The van der Waals surface area contributed by atoms with Gasteiger partial charge in [-0.05, 0) is 6.08 Å². The van der Waals surface area contributed by atoms with Crippen molar-refractivity contribution in [2.45, 2.75) is 11.4 Å². The number of carbonyl (C=O) groups excluding carboxylic acids is 2. The first-order chi connectivity index (χ1) is 15.3. The second kappa shape index (κ2) is 10.3. The number of anilines is 1. The van der Waals surface area contributed by atoms with E-state index in [1.54, 1.807) is 11.6 Å². The molecule has 2 aliphatic heterocycles. The fourth-order valence-electron chi connectivity index (χ4n) is 3.30. The van der Waals surface area contributed by atoms with Crippen LogP contribution < -0.4 is 11.1 Å². The van der Waals surface area contributed by atoms with Gasteiger partial charge < -0.3 is 26.3 Å². The summed E-state index contributed by atoms with van der Waals surface area (Å²) in [6.07, 6.45) is 3.13. The van der Waals surface area contributed by atoms with Crippen LogP contribution in [0.25, 0.3) is 6.08 Å². The van der Waals surface area contributed by atoms with Crippen LogP contribution >= 0.6 is 46.0 Å². The third-order valence-electron chi connectivity index (χ3n) is 5.00. The molecule has 0 saturated carbocycles. The molecule has 0 spiro atoms. The van der Waals surface area contributed by atoms with Crippen LogP contribution in [0.15, 0.2) is 22.1 Å². The number of thioether (sulfide) groups is 1. The van der Waals surface area contributed by atoms with E-state index in [-0.39, 0.29) is 63.5 Å². The first-order valence-corrected chi connectivity index (χ1v) is 12.1. The Morgan fingerprint density at radius 2 is 2.18 bits per heavy atom. The Balaban J connectivity index is 0.00000306. The van der Waals surface area contributed by atoms with Crippen molar-refractivity contribution in [3.63, 3.8) is 0 Å². The molecule has 2 aliphatic rings. The maximum absolute atomic E-state index is 12.7. The van der Waals surface area contributed by atoms with Crippen LogP contribution in [-0.4, -0.2) is 102 Å². The second-order valence-corrected chi connectivity index (χ2v) is 10.2. The number of nitrogens with two attached hydrogens (primary N) is 1. The van der Waals surface area contributed by atoms with Crippen molar-refractivity contribution in [1.29, 1.82) is 0 Å². The van der Waals surface area contributed by atoms with Crippen LogP contribution in [0.2, 0.25) is 5.15 Å². The number of oxime groups is 1. The molecule has 0 radical (unpaired) electrons. The zero-order valence-corrected chi connectivity index (χ0v) is 19.2. The number of carbonyl (C=O) groups is 3. The summed E-state index contributed by atoms with van der Waals surface area (Å²) in [4.78, 5) is 47.1. The van der Waals surface area contributed by atoms with Gasteiger partial charge in [0.2, 0.25) is 5.91 Å². The molecule has 16 heteroatoms. The van der Waals surface area contributed by atoms with Gasteiger partial charge in [-0.25, -0.2) is 9.97 Å². The van der Waals surface area contributed by atoms with Gasteiger partial charge in [0.25, 0.3) is 5.91 Å². The molecule has 0 bridgehead atoms. The Morgan fingerprint density at radius 3 is 2.76 bits per heavy atom. The fourth-order valence-corrected chi connectivity index (χ4v) is 6.23. The molecule has 2 aromatic heterocycles. The normalized spacial score (nSPS) is 24.7. The summed E-state index contributed by atoms with van der Waals surface area (Å²) in [5.74, 6) is -2.11. The van der Waals surface area contributed by atoms with Crippen LogP contribution in [-0.2, 0) is 14.4 Å². The average molecular weight is 539 g/mol. The number of rotatable bonds is 6. The maximum atomic E-state index is 12.7. The van der Waals surface area contributed by atoms with E-state index >= 15 is 0 Å². The third kappa shape index (κ3) is 4.92. The Bertz CT molecular complexity index is 1160. The number of fused-ring (bicyclic) bond motifs is 1. The number of nitrogen functional groups attached to an aromatic ring is 1. The van der Waals surface area contributed by atoms with Gasteiger partial charge in [-0.15, -0.1) is 34.4 Å². The molecule has 2 amide bonds. The first-order valence-electron chi connectivity index (χ1n) is 8.94. The Labute approximate surface area is 226 Å². The van der Waals surface area contributed by atoms with Crippen molar-refractivity contribution < 1.29 is 24.7 Å². The first kappa shape index (κ1) is 25.9. The van der Waals surface area contributed by atoms with Crippen LogP contribution in [0.3, 0.4) is 0 Å². The molecule has 0 aliphatic carbocycles. The molecule has 11 nitrogen and oxygen atoms in total. The summed E-state index contributed by atoms with van der Waals surface area (Å²) < 4.78 is 0. The number of amides is 2. The molecular formula is C17H16ClN6NaO5S3. The van der Waals surface area contributed by atoms with Crippen LogP contribution in [0.5, 0.6) is 0 Å². The van der Waals surface area contributed by atoms with Gasteiger partial charge >= 0.3 is 35.5 Å². The van der Waals surface area contributed by atoms with E-state index in [4.69, 9.17) is 17.3 Å². The van der Waals surface area contributed by atoms with E-state index in [0.29, 0.717) is 4.88 Å². The summed E-state index contributed by atoms with van der Waals surface area (Å²) in [6.45, 7) is -0.0539. The van der Waals surface area contributed by atoms with E-state index in [9.17, 15) is 24.7 Å². The number of carboxylic acid groups (broad SMARTS) is 1. The number of hydrogen-bond acceptors (Lipinski definition) is 11. The molecule has 0 aromatic carbocycles. The number of nitrogens with one attached hydrogen (secondary N) is 1. The molecule has 4 rings (SSSR count). The molecule has 170 valence electrons. The number of carboxylic acids is 1. The van der Waals surface area contributed by atoms with Gasteiger partial charge in [0.1, 0.15) is 27.7 Å². The van der Waals surface area contributed by atoms with Crippen molar-refractivity contribution in [2.75, 3.05) is 18.0 Å². The molecule has 5 N–H and O–H groups in total. The summed E-state index contributed by atoms with van der Waals surface area (Å²) in [6, 6.07) is -0.882. The number of thiazole rings is 2. The molecule has 2 unspecified atom stereocenters. The van der Waals surface area contributed by atoms with Crippen molar-refractivity contribution >= 4 is 110 Å². The number of aliphatic carboxylic acids is 1. The summed E-state index contributed by atoms with van der Waals surface area (Å²) in [5.41, 5.74) is 5.51. The zero-order chi connectivity index (χ0) is 23.0. The van der Waals surface area contributed by atoms with Gasteiger partial charge in [0.15, 0.2) is 10.8 Å². The molecule has 2 saturated heterocycles. The molecular weight excluding hydrogens is 523 g/mol. The minimum absolute atomic E-state index is 0. The summed E-state index contributed by atoms with van der Waals surface area (Å²) in [5, 5.41) is 26.1. The molecule has 4 heterocycles. The Hall–Kier alpha value is -1.68. The number of halogens is 1. The number of nitrogens with zero attached hydrogens (tertiary/aromatic N) is 4. The van der Waals surface area contributed by atoms with Gasteiger partial charge in [-0.1, -0.05) is 22.8 Å². The van der Waals surface area contributed by atoms with Crippen molar-refractivity contribution in [3.8, 4) is 0 Å². The zero-order valence-electron chi connectivity index (χ0n) is 16.0. The average Bonchev–Trinajstić information content (AvgIpc) is 3.38. The van der Waals surface area contributed by atoms with E-state index in [1.165, 1.54) is 39.5 Å². The van der Waals surface area contributed by atoms with E-state index in [1.807, 2.05) is 0 Å². The predicted molar refractivity (Wildman–Crippen MR) is 128 cm³/mol. The van der Waals surface area contributed by atoms with Crippen LogP contribution in [0, 0.1) is 5.41 Å². The molecule has 3 atom stereocenters. The van der Waals surface area contributed by atoms with E-state index in [0.717, 1.165) is 11.3 Å². The Morgan fingerprint density at radius 1 is 1.42 bits per heavy atom. The van der Waals surface area contributed by atoms with E-state index < -0.39 is 34.6 Å². The standard InChI is InChI=1S/C17H15ClN6O5S3.Na.H/c18-11-8(32-6-20-11)1-2-17(15(27)28)4-24-13(26)10(14(24)31-5-17)22-12(25)9(23-29)7-3-30-16(19)21-7;;/h1-3,6,10,14,29H,4-5H2,(H2,19,21)(H,22,25)(H,27,28);;/t10?,14-,17?;;/m1../s1. The van der Waals surface area contributed by atoms with Gasteiger partial charge in [0.05, 0.1) is 10.4 Å². The second-order valence-electron chi connectivity index (χ2n) is 6.94. The molecule has 2 aromatic rings. The van der Waals surface area contributed by atoms with Crippen LogP contribution in [0.4, 0.5) is 5.13 Å². The SMILES string of the molecule is Nc1nc(C(=NO)C(=O)NC2C(=O)N3CC(C=Cc4scnc4Cl)(C(=O)O)CS[C@H]23)cs1.[NaH]. The number of aromatic nitrogens is 2. The van der Waals surface area contributed by atoms with Gasteiger partial charge in [-0.2, -0.15) is 0 Å². The van der Waals surface area contributed by atoms with Crippen LogP contribution in [0.1, 0.15) is 10.6 Å². The molecule has 33 heavy (non-hydrogen) atoms. The summed E-state index contributed by atoms with van der Waals surface area (Å²) >= 11 is 9.56. The van der Waals surface area contributed by atoms with Gasteiger partial charge in [0, 0.05) is 17.7 Å². The quantitative estimate of drug-likeness (QED) is 0.135. The number of hydrogen-bond donors (Lipinski definition) is 4. The van der Waals surface area contributed by atoms with Gasteiger partial charge in [-0.3, -0.25) is 14.4 Å². The Kier molecular flexibility index (Phi) is 8.09. The van der Waals surface area contributed by atoms with Crippen molar-refractivity contribution in [3.05, 3.63) is 32.7 Å². The van der Waals surface area contributed by atoms with Crippen molar-refractivity contribution in [1.82, 2.24) is 20.2 Å². The topological polar surface area (TPSA) is 171 Å². The van der Waals surface area contributed by atoms with E-state index in [2.05, 4.69) is 20.4 Å².